The van der Waals surface area contributed by atoms with Crippen LogP contribution in [0, 0.1) is 0 Å². The van der Waals surface area contributed by atoms with Crippen LogP contribution in [0.4, 0.5) is 5.69 Å². The summed E-state index contributed by atoms with van der Waals surface area (Å²) in [6.45, 7) is 0.680. The van der Waals surface area contributed by atoms with Crippen molar-refractivity contribution in [3.8, 4) is 0 Å². The average molecular weight is 381 g/mol. The fraction of sp³-hybridized carbons (Fsp3) is 0.500. The topological polar surface area (TPSA) is 75.7 Å². The van der Waals surface area contributed by atoms with Crippen molar-refractivity contribution in [1.82, 2.24) is 5.32 Å². The fourth-order valence-electron chi connectivity index (χ4n) is 2.29. The van der Waals surface area contributed by atoms with Crippen LogP contribution in [0.2, 0.25) is 10.0 Å². The number of nitrogens with zero attached hydrogens (tertiary/aromatic N) is 1. The molecule has 1 aliphatic heterocycles. The number of ether oxygens (including phenoxy) is 1. The van der Waals surface area contributed by atoms with Crippen LogP contribution >= 0.6 is 23.2 Å². The van der Waals surface area contributed by atoms with Crippen LogP contribution in [-0.2, 0) is 19.6 Å². The molecular formula is C14H18Cl2N2O4S. The Balaban J connectivity index is 2.10. The minimum atomic E-state index is -3.69. The first-order valence-corrected chi connectivity index (χ1v) is 9.69. The minimum absolute atomic E-state index is 0.0135. The van der Waals surface area contributed by atoms with E-state index in [-0.39, 0.29) is 28.4 Å². The third-order valence-corrected chi connectivity index (χ3v) is 5.37. The van der Waals surface area contributed by atoms with Gasteiger partial charge in [-0.05, 0) is 25.0 Å². The second kappa shape index (κ2) is 7.70. The van der Waals surface area contributed by atoms with E-state index in [1.54, 1.807) is 12.1 Å². The van der Waals surface area contributed by atoms with Crippen molar-refractivity contribution in [1.29, 1.82) is 0 Å². The molecule has 1 heterocycles. The minimum Gasteiger partial charge on any atom is -0.376 e. The molecule has 0 aromatic heterocycles. The standard InChI is InChI=1S/C14H18Cl2N2O4S/c1-23(20,21)18(12-6-2-5-11(15)14(12)16)9-13(19)17-8-10-4-3-7-22-10/h2,5-6,10H,3-4,7-9H2,1H3,(H,17,19)/t10-/m0/s1. The second-order valence-corrected chi connectivity index (χ2v) is 7.97. The van der Waals surface area contributed by atoms with Gasteiger partial charge in [0.1, 0.15) is 6.54 Å². The summed E-state index contributed by atoms with van der Waals surface area (Å²) in [6, 6.07) is 4.62. The molecule has 1 fully saturated rings. The van der Waals surface area contributed by atoms with E-state index in [9.17, 15) is 13.2 Å². The fourth-order valence-corrected chi connectivity index (χ4v) is 3.59. The maximum absolute atomic E-state index is 12.1. The summed E-state index contributed by atoms with van der Waals surface area (Å²) in [5.41, 5.74) is 0.175. The number of carbonyl (C=O) groups excluding carboxylic acids is 1. The molecule has 0 radical (unpaired) electrons. The molecule has 1 N–H and O–H groups in total. The highest BCUT2D eigenvalue weighted by molar-refractivity contribution is 7.92. The first-order valence-electron chi connectivity index (χ1n) is 7.09. The Morgan fingerprint density at radius 2 is 2.17 bits per heavy atom. The van der Waals surface area contributed by atoms with Gasteiger partial charge in [0.2, 0.25) is 15.9 Å². The number of rotatable bonds is 6. The molecule has 1 amide bonds. The lowest BCUT2D eigenvalue weighted by atomic mass is 10.2. The monoisotopic (exact) mass is 380 g/mol. The van der Waals surface area contributed by atoms with Crippen molar-refractivity contribution >= 4 is 44.8 Å². The highest BCUT2D eigenvalue weighted by atomic mass is 35.5. The summed E-state index contributed by atoms with van der Waals surface area (Å²) in [5.74, 6) is -0.429. The quantitative estimate of drug-likeness (QED) is 0.819. The van der Waals surface area contributed by atoms with E-state index in [2.05, 4.69) is 5.32 Å². The normalized spacial score (nSPS) is 18.0. The molecule has 128 valence electrons. The van der Waals surface area contributed by atoms with E-state index in [1.807, 2.05) is 0 Å². The van der Waals surface area contributed by atoms with Gasteiger partial charge in [-0.3, -0.25) is 9.10 Å². The number of anilines is 1. The zero-order valence-electron chi connectivity index (χ0n) is 12.6. The third kappa shape index (κ3) is 4.97. The number of halogens is 2. The number of amides is 1. The van der Waals surface area contributed by atoms with Gasteiger partial charge in [0.05, 0.1) is 28.1 Å². The van der Waals surface area contributed by atoms with Crippen LogP contribution < -0.4 is 9.62 Å². The maximum Gasteiger partial charge on any atom is 0.240 e. The average Bonchev–Trinajstić information content (AvgIpc) is 2.98. The lowest BCUT2D eigenvalue weighted by Crippen LogP contribution is -2.42. The van der Waals surface area contributed by atoms with E-state index in [4.69, 9.17) is 27.9 Å². The second-order valence-electron chi connectivity index (χ2n) is 5.28. The third-order valence-electron chi connectivity index (χ3n) is 3.44. The van der Waals surface area contributed by atoms with Crippen LogP contribution in [-0.4, -0.2) is 46.4 Å². The van der Waals surface area contributed by atoms with Crippen molar-refractivity contribution in [2.75, 3.05) is 30.3 Å². The number of hydrogen-bond donors (Lipinski definition) is 1. The zero-order valence-corrected chi connectivity index (χ0v) is 14.9. The first-order chi connectivity index (χ1) is 10.8. The molecular weight excluding hydrogens is 363 g/mol. The molecule has 0 unspecified atom stereocenters. The summed E-state index contributed by atoms with van der Waals surface area (Å²) in [7, 11) is -3.69. The summed E-state index contributed by atoms with van der Waals surface area (Å²) >= 11 is 12.0. The molecule has 2 rings (SSSR count). The Kier molecular flexibility index (Phi) is 6.13. The summed E-state index contributed by atoms with van der Waals surface area (Å²) in [5, 5.41) is 2.99. The zero-order chi connectivity index (χ0) is 17.0. The van der Waals surface area contributed by atoms with Gasteiger partial charge in [0, 0.05) is 13.2 Å². The van der Waals surface area contributed by atoms with E-state index < -0.39 is 15.9 Å². The molecule has 9 heteroatoms. The molecule has 0 bridgehead atoms. The Hall–Kier alpha value is -1.02. The van der Waals surface area contributed by atoms with Gasteiger partial charge < -0.3 is 10.1 Å². The van der Waals surface area contributed by atoms with Gasteiger partial charge in [-0.15, -0.1) is 0 Å². The Bertz CT molecular complexity index is 675. The molecule has 0 saturated carbocycles. The van der Waals surface area contributed by atoms with Gasteiger partial charge in [-0.1, -0.05) is 29.3 Å². The van der Waals surface area contributed by atoms with Crippen molar-refractivity contribution in [3.63, 3.8) is 0 Å². The highest BCUT2D eigenvalue weighted by Gasteiger charge is 2.24. The molecule has 23 heavy (non-hydrogen) atoms. The van der Waals surface area contributed by atoms with E-state index in [0.717, 1.165) is 23.4 Å². The van der Waals surface area contributed by atoms with Crippen molar-refractivity contribution in [2.24, 2.45) is 0 Å². The van der Waals surface area contributed by atoms with E-state index in [0.29, 0.717) is 13.2 Å². The van der Waals surface area contributed by atoms with Gasteiger partial charge in [-0.2, -0.15) is 0 Å². The van der Waals surface area contributed by atoms with Gasteiger partial charge in [0.15, 0.2) is 0 Å². The van der Waals surface area contributed by atoms with Gasteiger partial charge in [-0.25, -0.2) is 8.42 Å². The Morgan fingerprint density at radius 1 is 1.43 bits per heavy atom. The summed E-state index contributed by atoms with van der Waals surface area (Å²) in [6.07, 6.45) is 2.85. The molecule has 0 spiro atoms. The van der Waals surface area contributed by atoms with Crippen molar-refractivity contribution in [2.45, 2.75) is 18.9 Å². The molecule has 0 aliphatic carbocycles. The largest absolute Gasteiger partial charge is 0.376 e. The first kappa shape index (κ1) is 18.3. The number of nitrogens with one attached hydrogen (secondary N) is 1. The molecule has 6 nitrogen and oxygen atoms in total. The van der Waals surface area contributed by atoms with Crippen LogP contribution in [0.3, 0.4) is 0 Å². The molecule has 1 aromatic carbocycles. The van der Waals surface area contributed by atoms with E-state index in [1.165, 1.54) is 6.07 Å². The molecule has 1 atom stereocenters. The number of hydrogen-bond acceptors (Lipinski definition) is 4. The smallest absolute Gasteiger partial charge is 0.240 e. The Labute approximate surface area is 145 Å². The van der Waals surface area contributed by atoms with Crippen LogP contribution in [0.25, 0.3) is 0 Å². The predicted molar refractivity (Wildman–Crippen MR) is 90.6 cm³/mol. The van der Waals surface area contributed by atoms with E-state index >= 15 is 0 Å². The number of sulfonamides is 1. The number of benzene rings is 1. The van der Waals surface area contributed by atoms with Crippen LogP contribution in [0.1, 0.15) is 12.8 Å². The molecule has 1 aromatic rings. The van der Waals surface area contributed by atoms with Crippen molar-refractivity contribution < 1.29 is 17.9 Å². The number of carbonyl (C=O) groups is 1. The SMILES string of the molecule is CS(=O)(=O)N(CC(=O)NC[C@@H]1CCCO1)c1cccc(Cl)c1Cl. The van der Waals surface area contributed by atoms with Crippen molar-refractivity contribution in [3.05, 3.63) is 28.2 Å². The molecule has 1 saturated heterocycles. The predicted octanol–water partition coefficient (Wildman–Crippen LogP) is 2.05. The van der Waals surface area contributed by atoms with Crippen LogP contribution in [0.15, 0.2) is 18.2 Å². The lowest BCUT2D eigenvalue weighted by molar-refractivity contribution is -0.120. The summed E-state index contributed by atoms with van der Waals surface area (Å²) < 4.78 is 30.4. The summed E-state index contributed by atoms with van der Waals surface area (Å²) in [4.78, 5) is 12.1. The maximum atomic E-state index is 12.1. The Morgan fingerprint density at radius 3 is 2.78 bits per heavy atom. The van der Waals surface area contributed by atoms with Gasteiger partial charge >= 0.3 is 0 Å². The lowest BCUT2D eigenvalue weighted by Gasteiger charge is -2.23. The van der Waals surface area contributed by atoms with Crippen LogP contribution in [0.5, 0.6) is 0 Å². The van der Waals surface area contributed by atoms with Gasteiger partial charge in [0.25, 0.3) is 0 Å². The highest BCUT2D eigenvalue weighted by Crippen LogP contribution is 2.33. The molecule has 1 aliphatic rings.